The van der Waals surface area contributed by atoms with Crippen LogP contribution in [0.25, 0.3) is 0 Å². The Labute approximate surface area is 129 Å². The summed E-state index contributed by atoms with van der Waals surface area (Å²) in [6, 6.07) is 0. The number of hydrogen-bond donors (Lipinski definition) is 0. The maximum Gasteiger partial charge on any atom is 0.150 e. The minimum Gasteiger partial charge on any atom is -0.298 e. The molecule has 1 heteroatoms. The molecule has 0 aromatic rings. The third-order valence-corrected chi connectivity index (χ3v) is 8.09. The van der Waals surface area contributed by atoms with Crippen LogP contribution in [0.5, 0.6) is 0 Å². The van der Waals surface area contributed by atoms with Gasteiger partial charge in [-0.3, -0.25) is 4.79 Å². The topological polar surface area (TPSA) is 17.1 Å². The molecule has 5 atom stereocenters. The summed E-state index contributed by atoms with van der Waals surface area (Å²) in [6.07, 6.45) is 11.3. The minimum atomic E-state index is -0.0638. The normalized spacial score (nSPS) is 51.1. The van der Waals surface area contributed by atoms with E-state index in [0.717, 1.165) is 18.8 Å². The van der Waals surface area contributed by atoms with Crippen molar-refractivity contribution in [1.29, 1.82) is 0 Å². The van der Waals surface area contributed by atoms with Crippen LogP contribution in [0.4, 0.5) is 0 Å². The second-order valence-electron chi connectivity index (χ2n) is 9.41. The first-order chi connectivity index (χ1) is 9.81. The van der Waals surface area contributed by atoms with Gasteiger partial charge in [0.05, 0.1) is 5.41 Å². The molecule has 4 rings (SSSR count). The summed E-state index contributed by atoms with van der Waals surface area (Å²) < 4.78 is 0. The molecule has 0 saturated heterocycles. The van der Waals surface area contributed by atoms with Gasteiger partial charge in [0, 0.05) is 5.92 Å². The van der Waals surface area contributed by atoms with E-state index in [1.165, 1.54) is 37.7 Å². The minimum absolute atomic E-state index is 0.0638. The molecule has 0 aromatic carbocycles. The standard InChI is InChI=1S/C20H30O/c1-13-12-20-11-8-15-18(2,3)9-5-10-19(15,4)16(20)7-6-14(13)17(20)21/h12,14-16H,5-11H2,1-4H3/t14?,15-,16+,19?,20?/m0/s1. The van der Waals surface area contributed by atoms with Crippen LogP contribution in [-0.4, -0.2) is 5.78 Å². The summed E-state index contributed by atoms with van der Waals surface area (Å²) in [4.78, 5) is 13.1. The highest BCUT2D eigenvalue weighted by atomic mass is 16.1. The molecule has 3 fully saturated rings. The average molecular weight is 286 g/mol. The lowest BCUT2D eigenvalue weighted by Gasteiger charge is -2.63. The summed E-state index contributed by atoms with van der Waals surface area (Å²) in [5.74, 6) is 2.30. The number of hydrogen-bond acceptors (Lipinski definition) is 1. The lowest BCUT2D eigenvalue weighted by molar-refractivity contribution is -0.160. The number of fused-ring (bicyclic) bond motifs is 3. The van der Waals surface area contributed by atoms with Crippen LogP contribution in [0.2, 0.25) is 0 Å². The molecular weight excluding hydrogens is 256 g/mol. The molecule has 0 aliphatic heterocycles. The van der Waals surface area contributed by atoms with Crippen LogP contribution in [0, 0.1) is 34.0 Å². The first kappa shape index (κ1) is 14.0. The Kier molecular flexibility index (Phi) is 2.69. The maximum atomic E-state index is 13.1. The van der Waals surface area contributed by atoms with Gasteiger partial charge in [-0.2, -0.15) is 0 Å². The lowest BCUT2D eigenvalue weighted by Crippen LogP contribution is -2.58. The largest absolute Gasteiger partial charge is 0.298 e. The molecule has 1 spiro atoms. The number of carbonyl (C=O) groups is 1. The summed E-state index contributed by atoms with van der Waals surface area (Å²) >= 11 is 0. The Morgan fingerprint density at radius 2 is 1.76 bits per heavy atom. The Bertz CT molecular complexity index is 528. The van der Waals surface area contributed by atoms with Crippen LogP contribution in [-0.2, 0) is 4.79 Å². The van der Waals surface area contributed by atoms with E-state index in [0.29, 0.717) is 22.5 Å². The first-order valence-electron chi connectivity index (χ1n) is 9.05. The van der Waals surface area contributed by atoms with Crippen LogP contribution < -0.4 is 0 Å². The van der Waals surface area contributed by atoms with Gasteiger partial charge in [0.1, 0.15) is 5.78 Å². The van der Waals surface area contributed by atoms with Crippen LogP contribution in [0.3, 0.4) is 0 Å². The van der Waals surface area contributed by atoms with Crippen molar-refractivity contribution in [3.63, 3.8) is 0 Å². The molecule has 116 valence electrons. The van der Waals surface area contributed by atoms with Gasteiger partial charge in [-0.1, -0.05) is 38.8 Å². The molecule has 21 heavy (non-hydrogen) atoms. The molecule has 0 N–H and O–H groups in total. The number of carbonyl (C=O) groups excluding carboxylic acids is 1. The molecule has 0 radical (unpaired) electrons. The quantitative estimate of drug-likeness (QED) is 0.562. The molecule has 0 aromatic heterocycles. The predicted molar refractivity (Wildman–Crippen MR) is 85.9 cm³/mol. The van der Waals surface area contributed by atoms with E-state index >= 15 is 0 Å². The van der Waals surface area contributed by atoms with E-state index in [9.17, 15) is 4.79 Å². The summed E-state index contributed by atoms with van der Waals surface area (Å²) in [5.41, 5.74) is 2.18. The van der Waals surface area contributed by atoms with E-state index in [1.807, 2.05) is 0 Å². The smallest absolute Gasteiger partial charge is 0.150 e. The Morgan fingerprint density at radius 3 is 2.52 bits per heavy atom. The third kappa shape index (κ3) is 1.56. The van der Waals surface area contributed by atoms with Crippen molar-refractivity contribution in [1.82, 2.24) is 0 Å². The van der Waals surface area contributed by atoms with Gasteiger partial charge in [-0.15, -0.1) is 0 Å². The fraction of sp³-hybridized carbons (Fsp3) is 0.850. The molecular formula is C20H30O. The van der Waals surface area contributed by atoms with Gasteiger partial charge in [-0.25, -0.2) is 0 Å². The van der Waals surface area contributed by atoms with E-state index < -0.39 is 0 Å². The fourth-order valence-electron chi connectivity index (χ4n) is 7.31. The second kappa shape index (κ2) is 4.03. The summed E-state index contributed by atoms with van der Waals surface area (Å²) in [7, 11) is 0. The zero-order valence-electron chi connectivity index (χ0n) is 14.2. The van der Waals surface area contributed by atoms with Crippen LogP contribution in [0.1, 0.15) is 72.6 Å². The Hall–Kier alpha value is -0.590. The maximum absolute atomic E-state index is 13.1. The lowest BCUT2D eigenvalue weighted by atomic mass is 9.41. The highest BCUT2D eigenvalue weighted by Crippen LogP contribution is 2.69. The van der Waals surface area contributed by atoms with E-state index in [4.69, 9.17) is 0 Å². The highest BCUT2D eigenvalue weighted by Gasteiger charge is 2.65. The van der Waals surface area contributed by atoms with Crippen molar-refractivity contribution >= 4 is 5.78 Å². The summed E-state index contributed by atoms with van der Waals surface area (Å²) in [6.45, 7) is 9.71. The average Bonchev–Trinajstić information content (AvgIpc) is 2.55. The monoisotopic (exact) mass is 286 g/mol. The molecule has 0 heterocycles. The van der Waals surface area contributed by atoms with E-state index in [1.54, 1.807) is 0 Å². The van der Waals surface area contributed by atoms with Crippen LogP contribution in [0.15, 0.2) is 11.6 Å². The van der Waals surface area contributed by atoms with Crippen molar-refractivity contribution in [2.75, 3.05) is 0 Å². The molecule has 3 unspecified atom stereocenters. The molecule has 3 saturated carbocycles. The molecule has 4 aliphatic carbocycles. The van der Waals surface area contributed by atoms with Crippen molar-refractivity contribution in [2.45, 2.75) is 72.6 Å². The number of rotatable bonds is 0. The van der Waals surface area contributed by atoms with Gasteiger partial charge >= 0.3 is 0 Å². The zero-order valence-corrected chi connectivity index (χ0v) is 14.2. The molecule has 0 amide bonds. The van der Waals surface area contributed by atoms with Crippen molar-refractivity contribution in [3.05, 3.63) is 11.6 Å². The fourth-order valence-corrected chi connectivity index (χ4v) is 7.31. The van der Waals surface area contributed by atoms with E-state index in [-0.39, 0.29) is 11.3 Å². The highest BCUT2D eigenvalue weighted by molar-refractivity contribution is 5.95. The summed E-state index contributed by atoms with van der Waals surface area (Å²) in [5, 5.41) is 0. The van der Waals surface area contributed by atoms with Crippen molar-refractivity contribution in [3.8, 4) is 0 Å². The van der Waals surface area contributed by atoms with Gasteiger partial charge < -0.3 is 0 Å². The van der Waals surface area contributed by atoms with E-state index in [2.05, 4.69) is 33.8 Å². The van der Waals surface area contributed by atoms with Gasteiger partial charge in [-0.05, 0) is 68.1 Å². The van der Waals surface area contributed by atoms with Gasteiger partial charge in [0.2, 0.25) is 0 Å². The van der Waals surface area contributed by atoms with Crippen molar-refractivity contribution in [2.24, 2.45) is 34.0 Å². The second-order valence-corrected chi connectivity index (χ2v) is 9.41. The van der Waals surface area contributed by atoms with Gasteiger partial charge in [0.25, 0.3) is 0 Å². The first-order valence-corrected chi connectivity index (χ1v) is 9.05. The number of ketones is 1. The zero-order chi connectivity index (χ0) is 15.0. The Balaban J connectivity index is 1.81. The molecule has 1 nitrogen and oxygen atoms in total. The Morgan fingerprint density at radius 1 is 1.00 bits per heavy atom. The number of Topliss-reactive ketones (excluding diaryl/α,β-unsaturated/α-hetero) is 1. The predicted octanol–water partition coefficient (Wildman–Crippen LogP) is 5.15. The molecule has 2 bridgehead atoms. The SMILES string of the molecule is CC1=CC23CC[C@H]4C(C)(C)CCCC4(C)[C@H]2CCC1C3=O. The van der Waals surface area contributed by atoms with Gasteiger partial charge in [0.15, 0.2) is 0 Å². The molecule has 4 aliphatic rings. The van der Waals surface area contributed by atoms with Crippen molar-refractivity contribution < 1.29 is 4.79 Å². The number of allylic oxidation sites excluding steroid dienone is 2. The van der Waals surface area contributed by atoms with Crippen LogP contribution >= 0.6 is 0 Å². The third-order valence-electron chi connectivity index (χ3n) is 8.09.